The van der Waals surface area contributed by atoms with Crippen LogP contribution in [0.2, 0.25) is 0 Å². The summed E-state index contributed by atoms with van der Waals surface area (Å²) in [6.45, 7) is 8.30. The van der Waals surface area contributed by atoms with Crippen LogP contribution in [-0.2, 0) is 0 Å². The summed E-state index contributed by atoms with van der Waals surface area (Å²) in [5.74, 6) is -0.177. The average molecular weight is 420 g/mol. The Balaban J connectivity index is 2.42. The van der Waals surface area contributed by atoms with Crippen molar-refractivity contribution in [2.75, 3.05) is 12.0 Å². The second-order valence-corrected chi connectivity index (χ2v) is 7.09. The molecule has 6 heteroatoms. The van der Waals surface area contributed by atoms with Crippen LogP contribution in [0.1, 0.15) is 59.9 Å². The summed E-state index contributed by atoms with van der Waals surface area (Å²) in [6, 6.07) is 9.82. The molecule has 1 amide bonds. The van der Waals surface area contributed by atoms with Gasteiger partial charge in [0.25, 0.3) is 11.5 Å². The van der Waals surface area contributed by atoms with Gasteiger partial charge < -0.3 is 10.7 Å². The summed E-state index contributed by atoms with van der Waals surface area (Å²) < 4.78 is 1.86. The first-order valence-electron chi connectivity index (χ1n) is 8.93. The summed E-state index contributed by atoms with van der Waals surface area (Å²) in [6.07, 6.45) is 1.66. The number of hydrogen-bond donors (Lipinski definition) is 2. The van der Waals surface area contributed by atoms with E-state index in [0.717, 1.165) is 18.4 Å². The van der Waals surface area contributed by atoms with Crippen LogP contribution in [0.4, 0.5) is 0 Å². The molecule has 0 saturated heterocycles. The largest absolute Gasteiger partial charge is 0.345 e. The molecule has 0 radical (unpaired) electrons. The zero-order chi connectivity index (χ0) is 19.3. The molecule has 2 N–H and O–H groups in total. The predicted molar refractivity (Wildman–Crippen MR) is 109 cm³/mol. The Hall–Kier alpha value is -2.08. The molecule has 0 aliphatic heterocycles. The molecule has 2 rings (SSSR count). The number of carbonyl (C=O) groups is 1. The number of nitrogens with zero attached hydrogens (tertiary/aromatic N) is 1. The average Bonchev–Trinajstić information content (AvgIpc) is 2.65. The molecule has 1 unspecified atom stereocenters. The van der Waals surface area contributed by atoms with Crippen LogP contribution < -0.4 is 16.3 Å². The van der Waals surface area contributed by atoms with E-state index in [2.05, 4.69) is 26.7 Å². The van der Waals surface area contributed by atoms with Crippen molar-refractivity contribution >= 4 is 21.8 Å². The molecule has 0 aliphatic carbocycles. The number of amides is 1. The fraction of sp³-hybridized carbons (Fsp3) is 0.400. The number of nitrogens with one attached hydrogen (secondary N) is 2. The van der Waals surface area contributed by atoms with E-state index in [1.54, 1.807) is 13.8 Å². The minimum atomic E-state index is -0.180. The molecule has 0 fully saturated rings. The van der Waals surface area contributed by atoms with Crippen LogP contribution in [0.3, 0.4) is 0 Å². The maximum atomic E-state index is 13.0. The monoisotopic (exact) mass is 419 g/mol. The van der Waals surface area contributed by atoms with Crippen molar-refractivity contribution in [2.24, 2.45) is 0 Å². The van der Waals surface area contributed by atoms with E-state index in [9.17, 15) is 9.59 Å². The predicted octanol–water partition coefficient (Wildman–Crippen LogP) is 4.06. The van der Waals surface area contributed by atoms with Crippen LogP contribution in [0, 0.1) is 13.8 Å². The summed E-state index contributed by atoms with van der Waals surface area (Å²) in [5, 5.41) is 3.11. The zero-order valence-electron chi connectivity index (χ0n) is 15.7. The molecule has 5 nitrogen and oxygen atoms in total. The lowest BCUT2D eigenvalue weighted by Crippen LogP contribution is -2.37. The van der Waals surface area contributed by atoms with E-state index in [0.29, 0.717) is 27.8 Å². The standard InChI is InChI=1S/C20H26BrN3O2/c1-5-12-22-24-14(4)17(13(3)18(21)20(24)26)19(25)23-16(6-2)15-10-8-7-9-11-15/h7-11,16,22H,5-6,12H2,1-4H3,(H,23,25). The molecular formula is C20H26BrN3O2. The van der Waals surface area contributed by atoms with Crippen LogP contribution >= 0.6 is 15.9 Å². The van der Waals surface area contributed by atoms with Gasteiger partial charge in [-0.15, -0.1) is 0 Å². The molecule has 1 atom stereocenters. The number of benzene rings is 1. The van der Waals surface area contributed by atoms with Gasteiger partial charge in [-0.3, -0.25) is 9.59 Å². The Morgan fingerprint density at radius 1 is 1.19 bits per heavy atom. The molecular weight excluding hydrogens is 394 g/mol. The Kier molecular flexibility index (Phi) is 7.03. The van der Waals surface area contributed by atoms with Crippen molar-refractivity contribution < 1.29 is 4.79 Å². The zero-order valence-corrected chi connectivity index (χ0v) is 17.3. The molecule has 0 bridgehead atoms. The summed E-state index contributed by atoms with van der Waals surface area (Å²) in [5.41, 5.74) is 5.76. The van der Waals surface area contributed by atoms with E-state index in [1.807, 2.05) is 44.2 Å². The number of carbonyl (C=O) groups excluding carboxylic acids is 1. The van der Waals surface area contributed by atoms with E-state index in [1.165, 1.54) is 4.68 Å². The molecule has 2 aromatic rings. The second kappa shape index (κ2) is 9.03. The highest BCUT2D eigenvalue weighted by Crippen LogP contribution is 2.22. The Morgan fingerprint density at radius 3 is 2.42 bits per heavy atom. The number of halogens is 1. The van der Waals surface area contributed by atoms with Crippen molar-refractivity contribution in [3.05, 3.63) is 67.5 Å². The fourth-order valence-corrected chi connectivity index (χ4v) is 3.36. The Bertz CT molecular complexity index is 831. The second-order valence-electron chi connectivity index (χ2n) is 6.29. The van der Waals surface area contributed by atoms with Gasteiger partial charge in [0, 0.05) is 6.54 Å². The fourth-order valence-electron chi connectivity index (χ4n) is 2.99. The van der Waals surface area contributed by atoms with E-state index in [4.69, 9.17) is 0 Å². The third-order valence-electron chi connectivity index (χ3n) is 4.45. The van der Waals surface area contributed by atoms with Gasteiger partial charge in [0.05, 0.1) is 21.8 Å². The van der Waals surface area contributed by atoms with Crippen LogP contribution in [0.25, 0.3) is 0 Å². The lowest BCUT2D eigenvalue weighted by atomic mass is 10.0. The first kappa shape index (κ1) is 20.2. The topological polar surface area (TPSA) is 63.1 Å². The van der Waals surface area contributed by atoms with Crippen molar-refractivity contribution in [2.45, 2.75) is 46.6 Å². The van der Waals surface area contributed by atoms with Gasteiger partial charge in [0.2, 0.25) is 0 Å². The molecule has 1 aromatic carbocycles. The van der Waals surface area contributed by atoms with Crippen LogP contribution in [0.15, 0.2) is 39.6 Å². The Labute approximate surface area is 162 Å². The number of hydrogen-bond acceptors (Lipinski definition) is 3. The molecule has 0 saturated carbocycles. The van der Waals surface area contributed by atoms with Crippen molar-refractivity contribution in [1.29, 1.82) is 0 Å². The molecule has 1 heterocycles. The van der Waals surface area contributed by atoms with Gasteiger partial charge in [-0.1, -0.05) is 44.2 Å². The van der Waals surface area contributed by atoms with E-state index < -0.39 is 0 Å². The number of pyridine rings is 1. The smallest absolute Gasteiger partial charge is 0.283 e. The summed E-state index contributed by atoms with van der Waals surface area (Å²) in [7, 11) is 0. The maximum absolute atomic E-state index is 13.0. The minimum absolute atomic E-state index is 0.0785. The first-order chi connectivity index (χ1) is 12.4. The lowest BCUT2D eigenvalue weighted by molar-refractivity contribution is 0.0933. The van der Waals surface area contributed by atoms with Gasteiger partial charge in [-0.2, -0.15) is 0 Å². The Morgan fingerprint density at radius 2 is 1.85 bits per heavy atom. The van der Waals surface area contributed by atoms with Gasteiger partial charge >= 0.3 is 0 Å². The van der Waals surface area contributed by atoms with E-state index >= 15 is 0 Å². The van der Waals surface area contributed by atoms with Crippen molar-refractivity contribution in [3.63, 3.8) is 0 Å². The van der Waals surface area contributed by atoms with Crippen LogP contribution in [-0.4, -0.2) is 17.1 Å². The third-order valence-corrected chi connectivity index (χ3v) is 5.39. The molecule has 0 aliphatic rings. The van der Waals surface area contributed by atoms with Gasteiger partial charge in [-0.25, -0.2) is 4.68 Å². The number of rotatable bonds is 7. The van der Waals surface area contributed by atoms with Gasteiger partial charge in [-0.05, 0) is 53.7 Å². The summed E-state index contributed by atoms with van der Waals surface area (Å²) in [4.78, 5) is 25.6. The van der Waals surface area contributed by atoms with Crippen LogP contribution in [0.5, 0.6) is 0 Å². The third kappa shape index (κ3) is 4.18. The summed E-state index contributed by atoms with van der Waals surface area (Å²) >= 11 is 3.35. The highest BCUT2D eigenvalue weighted by Gasteiger charge is 2.22. The normalized spacial score (nSPS) is 11.9. The lowest BCUT2D eigenvalue weighted by Gasteiger charge is -2.22. The first-order valence-corrected chi connectivity index (χ1v) is 9.73. The highest BCUT2D eigenvalue weighted by molar-refractivity contribution is 9.10. The molecule has 0 spiro atoms. The minimum Gasteiger partial charge on any atom is -0.345 e. The van der Waals surface area contributed by atoms with Crippen molar-refractivity contribution in [1.82, 2.24) is 9.99 Å². The SMILES string of the molecule is CCCNn1c(C)c(C(=O)NC(CC)c2ccccc2)c(C)c(Br)c1=O. The molecule has 140 valence electrons. The van der Waals surface area contributed by atoms with Gasteiger partial charge in [0.15, 0.2) is 0 Å². The molecule has 26 heavy (non-hydrogen) atoms. The quantitative estimate of drug-likeness (QED) is 0.710. The maximum Gasteiger partial charge on any atom is 0.283 e. The van der Waals surface area contributed by atoms with E-state index in [-0.39, 0.29) is 17.5 Å². The number of aromatic nitrogens is 1. The van der Waals surface area contributed by atoms with Gasteiger partial charge in [0.1, 0.15) is 0 Å². The van der Waals surface area contributed by atoms with Crippen molar-refractivity contribution in [3.8, 4) is 0 Å². The molecule has 1 aromatic heterocycles. The highest BCUT2D eigenvalue weighted by atomic mass is 79.9.